The van der Waals surface area contributed by atoms with E-state index in [1.807, 2.05) is 73.7 Å². The molecule has 0 atom stereocenters. The highest BCUT2D eigenvalue weighted by Crippen LogP contribution is 2.37. The largest absolute Gasteiger partial charge is 0.494 e. The fourth-order valence-electron chi connectivity index (χ4n) is 4.43. The van der Waals surface area contributed by atoms with Crippen molar-refractivity contribution in [2.75, 3.05) is 24.6 Å². The maximum Gasteiger partial charge on any atom is 0.162 e. The van der Waals surface area contributed by atoms with Crippen LogP contribution in [0.15, 0.2) is 72.8 Å². The maximum atomic E-state index is 11.3. The van der Waals surface area contributed by atoms with E-state index in [1.165, 1.54) is 0 Å². The summed E-state index contributed by atoms with van der Waals surface area (Å²) in [5, 5.41) is 13.0. The van der Waals surface area contributed by atoms with Crippen LogP contribution in [0.1, 0.15) is 25.3 Å². The Balaban J connectivity index is 1.46. The summed E-state index contributed by atoms with van der Waals surface area (Å²) in [6.07, 6.45) is 1.23. The minimum absolute atomic E-state index is 0.616. The zero-order valence-corrected chi connectivity index (χ0v) is 19.3. The molecule has 1 saturated heterocycles. The number of fused-ring (bicyclic) bond motifs is 1. The van der Waals surface area contributed by atoms with Gasteiger partial charge in [-0.25, -0.2) is 9.97 Å². The Kier molecular flexibility index (Phi) is 5.92. The molecule has 1 aliphatic heterocycles. The van der Waals surface area contributed by atoms with Gasteiger partial charge in [-0.2, -0.15) is 0 Å². The number of anilines is 1. The molecule has 6 heteroatoms. The topological polar surface area (TPSA) is 58.5 Å². The van der Waals surface area contributed by atoms with Crippen molar-refractivity contribution in [2.24, 2.45) is 0 Å². The number of hydrogen-bond donors (Lipinski definition) is 1. The first kappa shape index (κ1) is 21.7. The van der Waals surface area contributed by atoms with E-state index >= 15 is 0 Å². The lowest BCUT2D eigenvalue weighted by Gasteiger charge is -2.39. The number of ether oxygens (including phenoxy) is 1. The van der Waals surface area contributed by atoms with E-state index in [9.17, 15) is 5.11 Å². The van der Waals surface area contributed by atoms with Crippen LogP contribution in [0.25, 0.3) is 22.3 Å². The van der Waals surface area contributed by atoms with Gasteiger partial charge in [0.1, 0.15) is 11.6 Å². The summed E-state index contributed by atoms with van der Waals surface area (Å²) in [5.41, 5.74) is 1.90. The molecular weight excluding hydrogens is 434 g/mol. The highest BCUT2D eigenvalue weighted by Gasteiger charge is 2.35. The molecule has 33 heavy (non-hydrogen) atoms. The molecule has 1 N–H and O–H groups in total. The molecule has 4 aromatic rings. The van der Waals surface area contributed by atoms with Crippen LogP contribution in [0, 0.1) is 0 Å². The summed E-state index contributed by atoms with van der Waals surface area (Å²) < 4.78 is 5.57. The highest BCUT2D eigenvalue weighted by molar-refractivity contribution is 6.30. The van der Waals surface area contributed by atoms with Gasteiger partial charge in [-0.05, 0) is 73.9 Å². The van der Waals surface area contributed by atoms with Gasteiger partial charge in [0.05, 0.1) is 17.7 Å². The average Bonchev–Trinajstić information content (AvgIpc) is 2.85. The third kappa shape index (κ3) is 4.39. The second-order valence-corrected chi connectivity index (χ2v) is 8.81. The molecule has 0 aliphatic carbocycles. The molecule has 5 rings (SSSR count). The highest BCUT2D eigenvalue weighted by atomic mass is 35.5. The first-order valence-corrected chi connectivity index (χ1v) is 11.7. The minimum Gasteiger partial charge on any atom is -0.494 e. The van der Waals surface area contributed by atoms with Gasteiger partial charge in [0.15, 0.2) is 5.82 Å². The predicted molar refractivity (Wildman–Crippen MR) is 133 cm³/mol. The molecule has 3 aromatic carbocycles. The molecule has 0 radical (unpaired) electrons. The second kappa shape index (κ2) is 9.00. The third-order valence-electron chi connectivity index (χ3n) is 6.28. The number of piperidine rings is 1. The van der Waals surface area contributed by atoms with E-state index in [4.69, 9.17) is 26.3 Å². The van der Waals surface area contributed by atoms with Crippen molar-refractivity contribution in [1.82, 2.24) is 9.97 Å². The van der Waals surface area contributed by atoms with Gasteiger partial charge in [0, 0.05) is 29.1 Å². The molecule has 1 aliphatic rings. The Morgan fingerprint density at radius 1 is 0.939 bits per heavy atom. The Bertz CT molecular complexity index is 1250. The van der Waals surface area contributed by atoms with E-state index < -0.39 is 5.60 Å². The van der Waals surface area contributed by atoms with Crippen molar-refractivity contribution in [3.63, 3.8) is 0 Å². The number of hydrogen-bond acceptors (Lipinski definition) is 5. The number of rotatable bonds is 5. The molecule has 0 bridgehead atoms. The molecule has 1 fully saturated rings. The molecule has 0 amide bonds. The van der Waals surface area contributed by atoms with Crippen LogP contribution in [-0.4, -0.2) is 34.8 Å². The van der Waals surface area contributed by atoms with Gasteiger partial charge in [-0.1, -0.05) is 35.9 Å². The fourth-order valence-corrected chi connectivity index (χ4v) is 4.56. The van der Waals surface area contributed by atoms with Crippen LogP contribution < -0.4 is 9.64 Å². The Morgan fingerprint density at radius 3 is 2.33 bits per heavy atom. The van der Waals surface area contributed by atoms with Gasteiger partial charge in [-0.3, -0.25) is 0 Å². The predicted octanol–water partition coefficient (Wildman–Crippen LogP) is 5.84. The number of aromatic nitrogens is 2. The van der Waals surface area contributed by atoms with Gasteiger partial charge < -0.3 is 14.7 Å². The quantitative estimate of drug-likeness (QED) is 0.406. The van der Waals surface area contributed by atoms with Crippen molar-refractivity contribution in [1.29, 1.82) is 0 Å². The van der Waals surface area contributed by atoms with Crippen LogP contribution >= 0.6 is 11.6 Å². The molecule has 0 spiro atoms. The van der Waals surface area contributed by atoms with E-state index in [0.717, 1.165) is 33.6 Å². The van der Waals surface area contributed by atoms with Crippen LogP contribution in [0.5, 0.6) is 5.75 Å². The first-order valence-electron chi connectivity index (χ1n) is 11.3. The zero-order chi connectivity index (χ0) is 22.8. The van der Waals surface area contributed by atoms with Crippen LogP contribution in [0.3, 0.4) is 0 Å². The monoisotopic (exact) mass is 459 g/mol. The normalized spacial score (nSPS) is 15.5. The van der Waals surface area contributed by atoms with Gasteiger partial charge in [0.25, 0.3) is 0 Å². The van der Waals surface area contributed by atoms with E-state index in [-0.39, 0.29) is 0 Å². The van der Waals surface area contributed by atoms with Crippen molar-refractivity contribution in [3.8, 4) is 17.1 Å². The first-order chi connectivity index (χ1) is 16.1. The molecule has 2 heterocycles. The minimum atomic E-state index is -0.859. The van der Waals surface area contributed by atoms with Crippen molar-refractivity contribution in [2.45, 2.75) is 25.4 Å². The van der Waals surface area contributed by atoms with Crippen molar-refractivity contribution >= 4 is 28.3 Å². The molecule has 0 saturated carbocycles. The van der Waals surface area contributed by atoms with Crippen LogP contribution in [0.4, 0.5) is 5.82 Å². The van der Waals surface area contributed by atoms with E-state index in [1.54, 1.807) is 0 Å². The van der Waals surface area contributed by atoms with Gasteiger partial charge in [0.2, 0.25) is 0 Å². The van der Waals surface area contributed by atoms with Crippen LogP contribution in [0.2, 0.25) is 5.02 Å². The number of para-hydroxylation sites is 1. The molecular formula is C27H26ClN3O2. The van der Waals surface area contributed by atoms with Gasteiger partial charge >= 0.3 is 0 Å². The Hall–Kier alpha value is -3.15. The summed E-state index contributed by atoms with van der Waals surface area (Å²) in [4.78, 5) is 12.1. The van der Waals surface area contributed by atoms with Crippen LogP contribution in [-0.2, 0) is 5.60 Å². The number of nitrogens with zero attached hydrogens (tertiary/aromatic N) is 3. The van der Waals surface area contributed by atoms with E-state index in [2.05, 4.69) is 11.0 Å². The van der Waals surface area contributed by atoms with E-state index in [0.29, 0.717) is 43.4 Å². The lowest BCUT2D eigenvalue weighted by atomic mass is 9.84. The summed E-state index contributed by atoms with van der Waals surface area (Å²) >= 11 is 6.03. The molecule has 1 aromatic heterocycles. The number of aliphatic hydroxyl groups is 1. The lowest BCUT2D eigenvalue weighted by Crippen LogP contribution is -2.43. The molecule has 0 unspecified atom stereocenters. The summed E-state index contributed by atoms with van der Waals surface area (Å²) in [7, 11) is 0. The van der Waals surface area contributed by atoms with Crippen molar-refractivity contribution < 1.29 is 9.84 Å². The Labute approximate surface area is 198 Å². The summed E-state index contributed by atoms with van der Waals surface area (Å²) in [6.45, 7) is 4.00. The SMILES string of the molecule is CCOc1ccc(-c2nc(N3CCC(O)(c4ccc(Cl)cc4)CC3)c3ccccc3n2)cc1. The summed E-state index contributed by atoms with van der Waals surface area (Å²) in [5.74, 6) is 2.42. The van der Waals surface area contributed by atoms with Crippen molar-refractivity contribution in [3.05, 3.63) is 83.4 Å². The molecule has 5 nitrogen and oxygen atoms in total. The second-order valence-electron chi connectivity index (χ2n) is 8.37. The zero-order valence-electron chi connectivity index (χ0n) is 18.5. The molecule has 168 valence electrons. The smallest absolute Gasteiger partial charge is 0.162 e. The average molecular weight is 460 g/mol. The lowest BCUT2D eigenvalue weighted by molar-refractivity contribution is 0.0117. The third-order valence-corrected chi connectivity index (χ3v) is 6.53. The number of benzene rings is 3. The summed E-state index contributed by atoms with van der Waals surface area (Å²) in [6, 6.07) is 23.5. The number of halogens is 1. The van der Waals surface area contributed by atoms with Gasteiger partial charge in [-0.15, -0.1) is 0 Å². The fraction of sp³-hybridized carbons (Fsp3) is 0.259. The standard InChI is InChI=1S/C27H26ClN3O2/c1-2-33-22-13-7-19(8-14-22)25-29-24-6-4-3-5-23(24)26(30-25)31-17-15-27(32,16-18-31)20-9-11-21(28)12-10-20/h3-14,32H,2,15-18H2,1H3. The Morgan fingerprint density at radius 2 is 1.64 bits per heavy atom. The maximum absolute atomic E-state index is 11.3.